The Kier molecular flexibility index (Phi) is 4.25. The van der Waals surface area contributed by atoms with Crippen LogP contribution in [0.5, 0.6) is 11.5 Å². The van der Waals surface area contributed by atoms with Gasteiger partial charge in [-0.3, -0.25) is 0 Å². The van der Waals surface area contributed by atoms with Crippen LogP contribution in [0.25, 0.3) is 33.6 Å². The van der Waals surface area contributed by atoms with Gasteiger partial charge in [-0.25, -0.2) is 4.98 Å². The summed E-state index contributed by atoms with van der Waals surface area (Å²) in [7, 11) is 0. The highest BCUT2D eigenvalue weighted by molar-refractivity contribution is 5.88. The van der Waals surface area contributed by atoms with Crippen molar-refractivity contribution in [2.24, 2.45) is 0 Å². The summed E-state index contributed by atoms with van der Waals surface area (Å²) >= 11 is 0. The van der Waals surface area contributed by atoms with E-state index < -0.39 is 11.7 Å². The molecule has 0 fully saturated rings. The summed E-state index contributed by atoms with van der Waals surface area (Å²) < 4.78 is 39.8. The number of alkyl halides is 3. The summed E-state index contributed by atoms with van der Waals surface area (Å²) in [5.74, 6) is 0.204. The third kappa shape index (κ3) is 3.30. The molecule has 0 saturated heterocycles. The Balaban J connectivity index is 1.77. The standard InChI is InChI=1S/C25H16F3NO2/c26-25(27,28)17-5-1-3-15(11-17)21-13-19(14-7-9-18(30)10-8-14)20-12-16-4-2-6-22(31)23(16)24(20)29-21/h1-11,13,30-31H,12H2. The predicted octanol–water partition coefficient (Wildman–Crippen LogP) is 6.42. The first-order valence-electron chi connectivity index (χ1n) is 9.63. The minimum absolute atomic E-state index is 0.0848. The molecule has 3 aromatic carbocycles. The maximum atomic E-state index is 13.3. The molecule has 0 atom stereocenters. The molecule has 0 spiro atoms. The Morgan fingerprint density at radius 2 is 1.55 bits per heavy atom. The first-order chi connectivity index (χ1) is 14.8. The molecule has 0 unspecified atom stereocenters. The van der Waals surface area contributed by atoms with Crippen LogP contribution in [0.2, 0.25) is 0 Å². The lowest BCUT2D eigenvalue weighted by Crippen LogP contribution is -2.04. The zero-order valence-electron chi connectivity index (χ0n) is 16.1. The van der Waals surface area contributed by atoms with Gasteiger partial charge in [-0.1, -0.05) is 36.4 Å². The molecule has 1 aliphatic rings. The van der Waals surface area contributed by atoms with Gasteiger partial charge in [-0.2, -0.15) is 13.2 Å². The normalized spacial score (nSPS) is 12.5. The van der Waals surface area contributed by atoms with Crippen LogP contribution in [0, 0.1) is 0 Å². The first kappa shape index (κ1) is 19.2. The van der Waals surface area contributed by atoms with Crippen molar-refractivity contribution in [2.45, 2.75) is 12.6 Å². The summed E-state index contributed by atoms with van der Waals surface area (Å²) in [6, 6.07) is 18.7. The number of rotatable bonds is 2. The number of phenolic OH excluding ortho intramolecular Hbond substituents is 2. The number of aromatic nitrogens is 1. The number of halogens is 3. The fourth-order valence-corrected chi connectivity index (χ4v) is 4.06. The molecular formula is C25H16F3NO2. The van der Waals surface area contributed by atoms with Crippen molar-refractivity contribution >= 4 is 0 Å². The van der Waals surface area contributed by atoms with Crippen LogP contribution in [0.3, 0.4) is 0 Å². The lowest BCUT2D eigenvalue weighted by atomic mass is 9.95. The second kappa shape index (κ2) is 6.87. The number of aromatic hydroxyl groups is 2. The maximum Gasteiger partial charge on any atom is 0.416 e. The van der Waals surface area contributed by atoms with Crippen LogP contribution in [-0.2, 0) is 12.6 Å². The van der Waals surface area contributed by atoms with Gasteiger partial charge in [0.25, 0.3) is 0 Å². The van der Waals surface area contributed by atoms with Gasteiger partial charge in [0, 0.05) is 17.5 Å². The molecule has 0 bridgehead atoms. The average Bonchev–Trinajstić information content (AvgIpc) is 3.13. The summed E-state index contributed by atoms with van der Waals surface area (Å²) in [4.78, 5) is 4.68. The van der Waals surface area contributed by atoms with Gasteiger partial charge in [0.1, 0.15) is 11.5 Å². The van der Waals surface area contributed by atoms with Gasteiger partial charge in [0.05, 0.1) is 17.0 Å². The molecule has 0 amide bonds. The molecular weight excluding hydrogens is 403 g/mol. The predicted molar refractivity (Wildman–Crippen MR) is 112 cm³/mol. The van der Waals surface area contributed by atoms with Crippen molar-refractivity contribution in [2.75, 3.05) is 0 Å². The monoisotopic (exact) mass is 419 g/mol. The van der Waals surface area contributed by atoms with Gasteiger partial charge in [-0.15, -0.1) is 0 Å². The topological polar surface area (TPSA) is 53.4 Å². The number of phenols is 2. The molecule has 0 saturated carbocycles. The highest BCUT2D eigenvalue weighted by Gasteiger charge is 2.31. The third-order valence-electron chi connectivity index (χ3n) is 5.52. The Bertz CT molecular complexity index is 1310. The van der Waals surface area contributed by atoms with Crippen LogP contribution >= 0.6 is 0 Å². The Morgan fingerprint density at radius 3 is 2.29 bits per heavy atom. The van der Waals surface area contributed by atoms with Gasteiger partial charge in [0.2, 0.25) is 0 Å². The summed E-state index contributed by atoms with van der Waals surface area (Å²) in [6.07, 6.45) is -3.91. The minimum Gasteiger partial charge on any atom is -0.508 e. The SMILES string of the molecule is Oc1ccc(-c2cc(-c3cccc(C(F)(F)F)c3)nc3c2Cc2cccc(O)c2-3)cc1. The van der Waals surface area contributed by atoms with Gasteiger partial charge >= 0.3 is 6.18 Å². The smallest absolute Gasteiger partial charge is 0.416 e. The number of hydrogen-bond acceptors (Lipinski definition) is 3. The average molecular weight is 419 g/mol. The molecule has 0 aliphatic heterocycles. The van der Waals surface area contributed by atoms with Crippen molar-refractivity contribution in [3.8, 4) is 45.1 Å². The van der Waals surface area contributed by atoms with E-state index in [1.54, 1.807) is 48.5 Å². The fraction of sp³-hybridized carbons (Fsp3) is 0.0800. The van der Waals surface area contributed by atoms with Crippen LogP contribution in [-0.4, -0.2) is 15.2 Å². The molecule has 4 aromatic rings. The summed E-state index contributed by atoms with van der Waals surface area (Å²) in [6.45, 7) is 0. The van der Waals surface area contributed by atoms with E-state index in [0.717, 1.165) is 34.4 Å². The van der Waals surface area contributed by atoms with E-state index in [2.05, 4.69) is 4.98 Å². The van der Waals surface area contributed by atoms with E-state index >= 15 is 0 Å². The van der Waals surface area contributed by atoms with E-state index in [1.165, 1.54) is 6.07 Å². The second-order valence-electron chi connectivity index (χ2n) is 7.50. The first-order valence-corrected chi connectivity index (χ1v) is 9.63. The van der Waals surface area contributed by atoms with Crippen LogP contribution in [0.1, 0.15) is 16.7 Å². The zero-order valence-corrected chi connectivity index (χ0v) is 16.1. The molecule has 6 heteroatoms. The molecule has 31 heavy (non-hydrogen) atoms. The molecule has 154 valence electrons. The largest absolute Gasteiger partial charge is 0.508 e. The highest BCUT2D eigenvalue weighted by atomic mass is 19.4. The van der Waals surface area contributed by atoms with Crippen LogP contribution < -0.4 is 0 Å². The van der Waals surface area contributed by atoms with Gasteiger partial charge < -0.3 is 10.2 Å². The molecule has 0 radical (unpaired) electrons. The molecule has 2 N–H and O–H groups in total. The molecule has 1 aliphatic carbocycles. The zero-order chi connectivity index (χ0) is 21.8. The van der Waals surface area contributed by atoms with Crippen molar-refractivity contribution in [1.82, 2.24) is 4.98 Å². The number of hydrogen-bond donors (Lipinski definition) is 2. The number of fused-ring (bicyclic) bond motifs is 3. The maximum absolute atomic E-state index is 13.3. The van der Waals surface area contributed by atoms with E-state index in [0.29, 0.717) is 28.9 Å². The summed E-state index contributed by atoms with van der Waals surface area (Å²) in [5, 5.41) is 20.1. The van der Waals surface area contributed by atoms with Crippen molar-refractivity contribution in [1.29, 1.82) is 0 Å². The van der Waals surface area contributed by atoms with E-state index in [1.807, 2.05) is 6.07 Å². The van der Waals surface area contributed by atoms with Crippen molar-refractivity contribution < 1.29 is 23.4 Å². The van der Waals surface area contributed by atoms with Crippen LogP contribution in [0.4, 0.5) is 13.2 Å². The lowest BCUT2D eigenvalue weighted by Gasteiger charge is -2.14. The fourth-order valence-electron chi connectivity index (χ4n) is 4.06. The molecule has 5 rings (SSSR count). The molecule has 1 aromatic heterocycles. The highest BCUT2D eigenvalue weighted by Crippen LogP contribution is 2.46. The van der Waals surface area contributed by atoms with Crippen LogP contribution in [0.15, 0.2) is 72.8 Å². The number of nitrogens with zero attached hydrogens (tertiary/aromatic N) is 1. The lowest BCUT2D eigenvalue weighted by molar-refractivity contribution is -0.137. The third-order valence-corrected chi connectivity index (χ3v) is 5.52. The Hall–Kier alpha value is -3.80. The van der Waals surface area contributed by atoms with E-state index in [-0.39, 0.29) is 11.5 Å². The van der Waals surface area contributed by atoms with E-state index in [9.17, 15) is 23.4 Å². The van der Waals surface area contributed by atoms with E-state index in [4.69, 9.17) is 0 Å². The number of pyridine rings is 1. The summed E-state index contributed by atoms with van der Waals surface area (Å²) in [5.41, 5.74) is 4.52. The van der Waals surface area contributed by atoms with Crippen molar-refractivity contribution in [3.63, 3.8) is 0 Å². The molecule has 3 nitrogen and oxygen atoms in total. The Morgan fingerprint density at radius 1 is 0.806 bits per heavy atom. The number of benzene rings is 3. The second-order valence-corrected chi connectivity index (χ2v) is 7.50. The minimum atomic E-state index is -4.46. The quantitative estimate of drug-likeness (QED) is 0.347. The van der Waals surface area contributed by atoms with Crippen molar-refractivity contribution in [3.05, 3.63) is 89.5 Å². The molecule has 1 heterocycles. The Labute approximate surface area is 176 Å². The van der Waals surface area contributed by atoms with Gasteiger partial charge in [-0.05, 0) is 58.7 Å². The van der Waals surface area contributed by atoms with Gasteiger partial charge in [0.15, 0.2) is 0 Å².